The maximum absolute atomic E-state index is 4.41. The Morgan fingerprint density at radius 1 is 1.47 bits per heavy atom. The second-order valence-electron chi connectivity index (χ2n) is 5.57. The average Bonchev–Trinajstić information content (AvgIpc) is 2.72. The summed E-state index contributed by atoms with van der Waals surface area (Å²) < 4.78 is 2.14. The molecule has 3 unspecified atom stereocenters. The van der Waals surface area contributed by atoms with E-state index in [0.29, 0.717) is 6.04 Å². The molecule has 1 aliphatic carbocycles. The minimum atomic E-state index is 0.714. The average molecular weight is 235 g/mol. The molecule has 1 saturated carbocycles. The fourth-order valence-electron chi connectivity index (χ4n) is 3.15. The van der Waals surface area contributed by atoms with Gasteiger partial charge in [-0.25, -0.2) is 4.98 Å². The van der Waals surface area contributed by atoms with E-state index >= 15 is 0 Å². The summed E-state index contributed by atoms with van der Waals surface area (Å²) in [5.41, 5.74) is 0. The standard InChI is InChI=1S/C14H25N3/c1-11-4-6-13(15-2)12(10-11)5-7-14-16-8-9-17(14)3/h8-9,11-13,15H,4-7,10H2,1-3H3. The van der Waals surface area contributed by atoms with E-state index in [9.17, 15) is 0 Å². The van der Waals surface area contributed by atoms with Crippen molar-refractivity contribution < 1.29 is 0 Å². The SMILES string of the molecule is CNC1CCC(C)CC1CCc1nccn1C. The molecule has 0 aromatic carbocycles. The van der Waals surface area contributed by atoms with Crippen LogP contribution in [0.15, 0.2) is 12.4 Å². The molecule has 3 heteroatoms. The van der Waals surface area contributed by atoms with E-state index in [2.05, 4.69) is 35.9 Å². The smallest absolute Gasteiger partial charge is 0.108 e. The first-order chi connectivity index (χ1) is 8.20. The highest BCUT2D eigenvalue weighted by Gasteiger charge is 2.27. The quantitative estimate of drug-likeness (QED) is 0.868. The van der Waals surface area contributed by atoms with Crippen molar-refractivity contribution in [2.24, 2.45) is 18.9 Å². The molecule has 1 aromatic rings. The lowest BCUT2D eigenvalue weighted by Crippen LogP contribution is -2.38. The summed E-state index contributed by atoms with van der Waals surface area (Å²) in [5.74, 6) is 2.93. The second-order valence-corrected chi connectivity index (χ2v) is 5.57. The molecule has 0 radical (unpaired) electrons. The molecule has 0 amide bonds. The van der Waals surface area contributed by atoms with Crippen LogP contribution in [0.2, 0.25) is 0 Å². The molecule has 0 spiro atoms. The van der Waals surface area contributed by atoms with Crippen LogP contribution in [0.5, 0.6) is 0 Å². The molecule has 3 nitrogen and oxygen atoms in total. The number of hydrogen-bond acceptors (Lipinski definition) is 2. The van der Waals surface area contributed by atoms with Gasteiger partial charge in [0.25, 0.3) is 0 Å². The predicted octanol–water partition coefficient (Wildman–Crippen LogP) is 2.38. The number of aromatic nitrogens is 2. The third-order valence-corrected chi connectivity index (χ3v) is 4.28. The minimum Gasteiger partial charge on any atom is -0.338 e. The molecule has 0 bridgehead atoms. The van der Waals surface area contributed by atoms with Gasteiger partial charge in [-0.05, 0) is 44.6 Å². The van der Waals surface area contributed by atoms with Crippen LogP contribution in [-0.2, 0) is 13.5 Å². The summed E-state index contributed by atoms with van der Waals surface area (Å²) in [6.07, 6.45) is 10.4. The number of aryl methyl sites for hydroxylation is 2. The van der Waals surface area contributed by atoms with E-state index in [-0.39, 0.29) is 0 Å². The molecular weight excluding hydrogens is 210 g/mol. The molecule has 1 fully saturated rings. The molecule has 2 rings (SSSR count). The molecule has 3 atom stereocenters. The topological polar surface area (TPSA) is 29.9 Å². The van der Waals surface area contributed by atoms with Gasteiger partial charge in [-0.3, -0.25) is 0 Å². The molecule has 1 heterocycles. The summed E-state index contributed by atoms with van der Waals surface area (Å²) in [4.78, 5) is 4.41. The van der Waals surface area contributed by atoms with Crippen LogP contribution < -0.4 is 5.32 Å². The monoisotopic (exact) mass is 235 g/mol. The Hall–Kier alpha value is -0.830. The molecule has 1 aliphatic rings. The molecule has 0 aliphatic heterocycles. The van der Waals surface area contributed by atoms with Crippen LogP contribution in [0.4, 0.5) is 0 Å². The number of nitrogens with zero attached hydrogens (tertiary/aromatic N) is 2. The maximum atomic E-state index is 4.41. The predicted molar refractivity (Wildman–Crippen MR) is 70.9 cm³/mol. The molecule has 1 aromatic heterocycles. The van der Waals surface area contributed by atoms with Crippen molar-refractivity contribution in [2.75, 3.05) is 7.05 Å². The zero-order chi connectivity index (χ0) is 12.3. The lowest BCUT2D eigenvalue weighted by atomic mass is 9.77. The van der Waals surface area contributed by atoms with Crippen LogP contribution in [0.25, 0.3) is 0 Å². The Labute approximate surface area is 105 Å². The highest BCUT2D eigenvalue weighted by molar-refractivity contribution is 4.93. The van der Waals surface area contributed by atoms with Gasteiger partial charge >= 0.3 is 0 Å². The minimum absolute atomic E-state index is 0.714. The molecule has 1 N–H and O–H groups in total. The van der Waals surface area contributed by atoms with Crippen molar-refractivity contribution in [3.8, 4) is 0 Å². The highest BCUT2D eigenvalue weighted by Crippen LogP contribution is 2.31. The van der Waals surface area contributed by atoms with Gasteiger partial charge in [0.2, 0.25) is 0 Å². The normalized spacial score (nSPS) is 29.5. The van der Waals surface area contributed by atoms with E-state index in [1.807, 2.05) is 12.4 Å². The summed E-state index contributed by atoms with van der Waals surface area (Å²) in [6, 6.07) is 0.714. The fourth-order valence-corrected chi connectivity index (χ4v) is 3.15. The maximum Gasteiger partial charge on any atom is 0.108 e. The van der Waals surface area contributed by atoms with Gasteiger partial charge < -0.3 is 9.88 Å². The van der Waals surface area contributed by atoms with Crippen LogP contribution >= 0.6 is 0 Å². The molecule has 0 saturated heterocycles. The number of rotatable bonds is 4. The fraction of sp³-hybridized carbons (Fsp3) is 0.786. The van der Waals surface area contributed by atoms with E-state index in [0.717, 1.165) is 18.3 Å². The van der Waals surface area contributed by atoms with Gasteiger partial charge in [0.05, 0.1) is 0 Å². The molecule has 96 valence electrons. The summed E-state index contributed by atoms with van der Waals surface area (Å²) in [7, 11) is 4.19. The Morgan fingerprint density at radius 2 is 2.29 bits per heavy atom. The first-order valence-corrected chi connectivity index (χ1v) is 6.84. The van der Waals surface area contributed by atoms with Crippen molar-refractivity contribution >= 4 is 0 Å². The summed E-state index contributed by atoms with van der Waals surface area (Å²) >= 11 is 0. The van der Waals surface area contributed by atoms with E-state index in [1.165, 1.54) is 31.5 Å². The number of imidazole rings is 1. The third kappa shape index (κ3) is 3.09. The summed E-state index contributed by atoms with van der Waals surface area (Å²) in [5, 5.41) is 3.49. The first-order valence-electron chi connectivity index (χ1n) is 6.84. The Kier molecular flexibility index (Phi) is 4.21. The Bertz CT molecular complexity index is 345. The van der Waals surface area contributed by atoms with Gasteiger partial charge in [0.15, 0.2) is 0 Å². The van der Waals surface area contributed by atoms with Crippen molar-refractivity contribution in [1.82, 2.24) is 14.9 Å². The van der Waals surface area contributed by atoms with Gasteiger partial charge in [-0.15, -0.1) is 0 Å². The zero-order valence-corrected chi connectivity index (χ0v) is 11.3. The van der Waals surface area contributed by atoms with Crippen molar-refractivity contribution in [3.63, 3.8) is 0 Å². The second kappa shape index (κ2) is 5.67. The Morgan fingerprint density at radius 3 is 2.94 bits per heavy atom. The molecule has 17 heavy (non-hydrogen) atoms. The first kappa shape index (κ1) is 12.6. The van der Waals surface area contributed by atoms with Crippen molar-refractivity contribution in [1.29, 1.82) is 0 Å². The summed E-state index contributed by atoms with van der Waals surface area (Å²) in [6.45, 7) is 2.39. The van der Waals surface area contributed by atoms with E-state index in [1.54, 1.807) is 0 Å². The van der Waals surface area contributed by atoms with Crippen LogP contribution in [0.3, 0.4) is 0 Å². The van der Waals surface area contributed by atoms with E-state index in [4.69, 9.17) is 0 Å². The zero-order valence-electron chi connectivity index (χ0n) is 11.3. The van der Waals surface area contributed by atoms with Crippen molar-refractivity contribution in [2.45, 2.75) is 45.1 Å². The van der Waals surface area contributed by atoms with Gasteiger partial charge in [0, 0.05) is 31.9 Å². The highest BCUT2D eigenvalue weighted by atomic mass is 15.0. The lowest BCUT2D eigenvalue weighted by molar-refractivity contribution is 0.209. The Balaban J connectivity index is 1.90. The van der Waals surface area contributed by atoms with Crippen LogP contribution in [0, 0.1) is 11.8 Å². The van der Waals surface area contributed by atoms with E-state index < -0.39 is 0 Å². The van der Waals surface area contributed by atoms with Gasteiger partial charge in [0.1, 0.15) is 5.82 Å². The van der Waals surface area contributed by atoms with Crippen molar-refractivity contribution in [3.05, 3.63) is 18.2 Å². The third-order valence-electron chi connectivity index (χ3n) is 4.28. The largest absolute Gasteiger partial charge is 0.338 e. The van der Waals surface area contributed by atoms with Gasteiger partial charge in [-0.1, -0.05) is 6.92 Å². The van der Waals surface area contributed by atoms with Gasteiger partial charge in [-0.2, -0.15) is 0 Å². The number of nitrogens with one attached hydrogen (secondary N) is 1. The van der Waals surface area contributed by atoms with Crippen LogP contribution in [0.1, 0.15) is 38.4 Å². The lowest BCUT2D eigenvalue weighted by Gasteiger charge is -2.34. The van der Waals surface area contributed by atoms with Crippen LogP contribution in [-0.4, -0.2) is 22.6 Å². The molecular formula is C14H25N3. The number of hydrogen-bond donors (Lipinski definition) is 1.